The molecule has 1 amide bonds. The molecule has 2 unspecified atom stereocenters. The summed E-state index contributed by atoms with van der Waals surface area (Å²) < 4.78 is 5.68. The SMILES string of the molecule is CC1(C(=O)N2CCCCC2CCBr)CCCO1. The Morgan fingerprint density at radius 1 is 1.47 bits per heavy atom. The van der Waals surface area contributed by atoms with Crippen LogP contribution in [-0.4, -0.2) is 40.9 Å². The van der Waals surface area contributed by atoms with E-state index in [1.54, 1.807) is 0 Å². The normalized spacial score (nSPS) is 34.0. The van der Waals surface area contributed by atoms with Gasteiger partial charge in [-0.25, -0.2) is 0 Å². The van der Waals surface area contributed by atoms with Gasteiger partial charge in [0, 0.05) is 24.5 Å². The van der Waals surface area contributed by atoms with Crippen molar-refractivity contribution in [2.24, 2.45) is 0 Å². The third-order valence-corrected chi connectivity index (χ3v) is 4.46. The van der Waals surface area contributed by atoms with Crippen LogP contribution in [0.4, 0.5) is 0 Å². The highest BCUT2D eigenvalue weighted by Gasteiger charge is 2.42. The highest BCUT2D eigenvalue weighted by atomic mass is 79.9. The molecule has 2 fully saturated rings. The smallest absolute Gasteiger partial charge is 0.254 e. The van der Waals surface area contributed by atoms with E-state index in [0.717, 1.165) is 50.6 Å². The number of rotatable bonds is 3. The Morgan fingerprint density at radius 2 is 2.29 bits per heavy atom. The molecule has 2 rings (SSSR count). The monoisotopic (exact) mass is 303 g/mol. The van der Waals surface area contributed by atoms with Crippen LogP contribution in [0.5, 0.6) is 0 Å². The molecule has 0 aromatic rings. The van der Waals surface area contributed by atoms with E-state index in [-0.39, 0.29) is 5.91 Å². The summed E-state index contributed by atoms with van der Waals surface area (Å²) in [6, 6.07) is 0.414. The highest BCUT2D eigenvalue weighted by molar-refractivity contribution is 9.09. The lowest BCUT2D eigenvalue weighted by Gasteiger charge is -2.39. The molecule has 98 valence electrons. The maximum absolute atomic E-state index is 12.6. The van der Waals surface area contributed by atoms with Crippen molar-refractivity contribution in [2.75, 3.05) is 18.5 Å². The van der Waals surface area contributed by atoms with Crippen molar-refractivity contribution in [3.63, 3.8) is 0 Å². The Hall–Kier alpha value is -0.0900. The predicted molar refractivity (Wildman–Crippen MR) is 71.4 cm³/mol. The lowest BCUT2D eigenvalue weighted by Crippen LogP contribution is -2.53. The van der Waals surface area contributed by atoms with Crippen LogP contribution in [0.1, 0.15) is 45.4 Å². The molecule has 0 radical (unpaired) electrons. The molecule has 0 saturated carbocycles. The lowest BCUT2D eigenvalue weighted by atomic mass is 9.94. The average Bonchev–Trinajstić information content (AvgIpc) is 2.78. The van der Waals surface area contributed by atoms with Gasteiger partial charge in [0.25, 0.3) is 5.91 Å². The molecule has 2 heterocycles. The van der Waals surface area contributed by atoms with Crippen LogP contribution in [0.2, 0.25) is 0 Å². The van der Waals surface area contributed by atoms with Crippen LogP contribution < -0.4 is 0 Å². The fourth-order valence-electron chi connectivity index (χ4n) is 2.95. The molecule has 3 nitrogen and oxygen atoms in total. The fraction of sp³-hybridized carbons (Fsp3) is 0.923. The molecule has 0 aromatic carbocycles. The van der Waals surface area contributed by atoms with Gasteiger partial charge in [0.1, 0.15) is 5.60 Å². The number of halogens is 1. The minimum atomic E-state index is -0.540. The number of carbonyl (C=O) groups excluding carboxylic acids is 1. The summed E-state index contributed by atoms with van der Waals surface area (Å²) in [6.45, 7) is 3.61. The number of hydrogen-bond donors (Lipinski definition) is 0. The first-order valence-corrected chi connectivity index (χ1v) is 7.80. The number of amides is 1. The van der Waals surface area contributed by atoms with E-state index >= 15 is 0 Å². The first-order chi connectivity index (χ1) is 8.17. The van der Waals surface area contributed by atoms with Crippen LogP contribution in [-0.2, 0) is 9.53 Å². The first kappa shape index (κ1) is 13.3. The molecule has 17 heavy (non-hydrogen) atoms. The Kier molecular flexibility index (Phi) is 4.47. The molecule has 0 aliphatic carbocycles. The van der Waals surface area contributed by atoms with E-state index in [1.165, 1.54) is 6.42 Å². The fourth-order valence-corrected chi connectivity index (χ4v) is 3.47. The van der Waals surface area contributed by atoms with Gasteiger partial charge in [-0.1, -0.05) is 15.9 Å². The quantitative estimate of drug-likeness (QED) is 0.750. The Bertz CT molecular complexity index is 275. The molecule has 4 heteroatoms. The van der Waals surface area contributed by atoms with Crippen LogP contribution >= 0.6 is 15.9 Å². The van der Waals surface area contributed by atoms with E-state index in [2.05, 4.69) is 20.8 Å². The molecule has 2 saturated heterocycles. The average molecular weight is 304 g/mol. The van der Waals surface area contributed by atoms with E-state index < -0.39 is 5.60 Å². The molecule has 0 N–H and O–H groups in total. The van der Waals surface area contributed by atoms with Gasteiger partial charge < -0.3 is 9.64 Å². The number of piperidine rings is 1. The van der Waals surface area contributed by atoms with E-state index in [0.29, 0.717) is 6.04 Å². The van der Waals surface area contributed by atoms with Crippen LogP contribution in [0.25, 0.3) is 0 Å². The van der Waals surface area contributed by atoms with Crippen molar-refractivity contribution in [2.45, 2.75) is 57.1 Å². The second-order valence-electron chi connectivity index (χ2n) is 5.31. The molecular weight excluding hydrogens is 282 g/mol. The molecule has 2 atom stereocenters. The predicted octanol–water partition coefficient (Wildman–Crippen LogP) is 2.72. The Balaban J connectivity index is 2.05. The standard InChI is InChI=1S/C13H22BrNO2/c1-13(7-4-10-17-13)12(16)15-9-3-2-5-11(15)6-8-14/h11H,2-10H2,1H3. The van der Waals surface area contributed by atoms with Crippen molar-refractivity contribution in [3.05, 3.63) is 0 Å². The third kappa shape index (κ3) is 2.84. The zero-order chi connectivity index (χ0) is 12.3. The summed E-state index contributed by atoms with van der Waals surface area (Å²) in [7, 11) is 0. The molecular formula is C13H22BrNO2. The number of alkyl halides is 1. The Morgan fingerprint density at radius 3 is 2.94 bits per heavy atom. The van der Waals surface area contributed by atoms with Gasteiger partial charge in [-0.2, -0.15) is 0 Å². The molecule has 2 aliphatic heterocycles. The maximum Gasteiger partial charge on any atom is 0.254 e. The van der Waals surface area contributed by atoms with E-state index in [1.807, 2.05) is 6.92 Å². The van der Waals surface area contributed by atoms with Gasteiger partial charge in [-0.3, -0.25) is 4.79 Å². The first-order valence-electron chi connectivity index (χ1n) is 6.68. The Labute approximate surface area is 112 Å². The zero-order valence-corrected chi connectivity index (χ0v) is 12.2. The summed E-state index contributed by atoms with van der Waals surface area (Å²) >= 11 is 3.49. The van der Waals surface area contributed by atoms with Gasteiger partial charge in [-0.15, -0.1) is 0 Å². The second kappa shape index (κ2) is 5.70. The van der Waals surface area contributed by atoms with Gasteiger partial charge in [0.2, 0.25) is 0 Å². The number of carbonyl (C=O) groups is 1. The van der Waals surface area contributed by atoms with E-state index in [9.17, 15) is 4.79 Å². The number of likely N-dealkylation sites (tertiary alicyclic amines) is 1. The zero-order valence-electron chi connectivity index (χ0n) is 10.6. The summed E-state index contributed by atoms with van der Waals surface area (Å²) in [5.74, 6) is 0.223. The molecule has 0 bridgehead atoms. The largest absolute Gasteiger partial charge is 0.365 e. The number of hydrogen-bond acceptors (Lipinski definition) is 2. The topological polar surface area (TPSA) is 29.5 Å². The number of ether oxygens (including phenoxy) is 1. The van der Waals surface area contributed by atoms with E-state index in [4.69, 9.17) is 4.74 Å². The summed E-state index contributed by atoms with van der Waals surface area (Å²) in [4.78, 5) is 14.7. The molecule has 0 aromatic heterocycles. The van der Waals surface area contributed by atoms with Crippen molar-refractivity contribution in [3.8, 4) is 0 Å². The molecule has 2 aliphatic rings. The van der Waals surface area contributed by atoms with Gasteiger partial charge in [0.15, 0.2) is 0 Å². The number of nitrogens with zero attached hydrogens (tertiary/aromatic N) is 1. The van der Waals surface area contributed by atoms with Crippen LogP contribution in [0, 0.1) is 0 Å². The van der Waals surface area contributed by atoms with Crippen molar-refractivity contribution >= 4 is 21.8 Å². The molecule has 0 spiro atoms. The third-order valence-electron chi connectivity index (χ3n) is 4.00. The van der Waals surface area contributed by atoms with Crippen LogP contribution in [0.3, 0.4) is 0 Å². The van der Waals surface area contributed by atoms with Gasteiger partial charge in [-0.05, 0) is 45.4 Å². The summed E-state index contributed by atoms with van der Waals surface area (Å²) in [5.41, 5.74) is -0.540. The van der Waals surface area contributed by atoms with Crippen molar-refractivity contribution in [1.29, 1.82) is 0 Å². The highest BCUT2D eigenvalue weighted by Crippen LogP contribution is 2.31. The van der Waals surface area contributed by atoms with Crippen LogP contribution in [0.15, 0.2) is 0 Å². The van der Waals surface area contributed by atoms with Crippen molar-refractivity contribution < 1.29 is 9.53 Å². The summed E-state index contributed by atoms with van der Waals surface area (Å²) in [5, 5.41) is 0.971. The minimum absolute atomic E-state index is 0.223. The summed E-state index contributed by atoms with van der Waals surface area (Å²) in [6.07, 6.45) is 6.48. The van der Waals surface area contributed by atoms with Gasteiger partial charge >= 0.3 is 0 Å². The van der Waals surface area contributed by atoms with Crippen molar-refractivity contribution in [1.82, 2.24) is 4.90 Å². The second-order valence-corrected chi connectivity index (χ2v) is 6.10. The lowest BCUT2D eigenvalue weighted by molar-refractivity contribution is -0.154. The minimum Gasteiger partial charge on any atom is -0.365 e. The van der Waals surface area contributed by atoms with Gasteiger partial charge in [0.05, 0.1) is 0 Å². The maximum atomic E-state index is 12.6.